The molecule has 0 saturated heterocycles. The number of hydrogen-bond acceptors (Lipinski definition) is 3. The van der Waals surface area contributed by atoms with Gasteiger partial charge in [0.1, 0.15) is 0 Å². The molecule has 11 rings (SSSR count). The van der Waals surface area contributed by atoms with Crippen molar-refractivity contribution in [3.05, 3.63) is 205 Å². The number of rotatable bonds is 6. The van der Waals surface area contributed by atoms with Gasteiger partial charge in [-0.3, -0.25) is 0 Å². The average molecular weight is 743 g/mol. The zero-order valence-corrected chi connectivity index (χ0v) is 32.3. The summed E-state index contributed by atoms with van der Waals surface area (Å²) in [5.41, 5.74) is 16.4. The Kier molecular flexibility index (Phi) is 7.80. The van der Waals surface area contributed by atoms with Crippen LogP contribution in [0, 0.1) is 0 Å². The van der Waals surface area contributed by atoms with Gasteiger partial charge in [0.25, 0.3) is 0 Å². The number of para-hydroxylation sites is 1. The molecule has 0 saturated carbocycles. The smallest absolute Gasteiger partial charge is 0.164 e. The first-order valence-electron chi connectivity index (χ1n) is 19.9. The molecular formula is C54H38N4. The van der Waals surface area contributed by atoms with Crippen molar-refractivity contribution in [2.45, 2.75) is 19.3 Å². The topological polar surface area (TPSA) is 43.6 Å². The maximum atomic E-state index is 5.04. The third kappa shape index (κ3) is 5.56. The molecule has 0 fully saturated rings. The van der Waals surface area contributed by atoms with Crippen LogP contribution in [0.25, 0.3) is 95.0 Å². The number of hydrogen-bond donors (Lipinski definition) is 0. The molecule has 2 heterocycles. The molecule has 0 aliphatic heterocycles. The van der Waals surface area contributed by atoms with E-state index in [2.05, 4.69) is 152 Å². The van der Waals surface area contributed by atoms with E-state index in [1.54, 1.807) is 0 Å². The Morgan fingerprint density at radius 1 is 0.345 bits per heavy atom. The third-order valence-electron chi connectivity index (χ3n) is 11.8. The molecule has 2 aromatic heterocycles. The first-order chi connectivity index (χ1) is 28.5. The molecule has 8 aromatic carbocycles. The average Bonchev–Trinajstić information content (AvgIpc) is 3.74. The number of benzene rings is 8. The molecule has 58 heavy (non-hydrogen) atoms. The van der Waals surface area contributed by atoms with Crippen LogP contribution in [-0.4, -0.2) is 19.5 Å². The monoisotopic (exact) mass is 742 g/mol. The summed E-state index contributed by atoms with van der Waals surface area (Å²) < 4.78 is 2.37. The number of aromatic nitrogens is 4. The van der Waals surface area contributed by atoms with Crippen LogP contribution in [0.5, 0.6) is 0 Å². The molecule has 0 N–H and O–H groups in total. The van der Waals surface area contributed by atoms with Crippen LogP contribution >= 0.6 is 0 Å². The summed E-state index contributed by atoms with van der Waals surface area (Å²) in [6, 6.07) is 69.2. The van der Waals surface area contributed by atoms with E-state index in [1.807, 2.05) is 60.7 Å². The van der Waals surface area contributed by atoms with E-state index >= 15 is 0 Å². The second-order valence-corrected chi connectivity index (χ2v) is 15.7. The zero-order valence-electron chi connectivity index (χ0n) is 32.3. The molecule has 1 aliphatic carbocycles. The van der Waals surface area contributed by atoms with Crippen molar-refractivity contribution >= 4 is 21.8 Å². The van der Waals surface area contributed by atoms with Crippen LogP contribution in [0.2, 0.25) is 0 Å². The second-order valence-electron chi connectivity index (χ2n) is 15.7. The van der Waals surface area contributed by atoms with Gasteiger partial charge in [-0.25, -0.2) is 15.0 Å². The lowest BCUT2D eigenvalue weighted by Gasteiger charge is -2.22. The second kappa shape index (κ2) is 13.4. The fourth-order valence-corrected chi connectivity index (χ4v) is 8.91. The standard InChI is InChI=1S/C54H38N4/c1-54(2)47-25-11-9-23-43(47)44-29-27-39(33-48(44)54)37-19-13-20-38(31-37)40-28-30-46-45-24-10-12-26-49(45)58(50(46)34-40)42-22-14-21-41(32-42)53-56-51(35-15-5-3-6-16-35)55-52(57-53)36-17-7-4-8-18-36/h3-34H,1-2H3. The van der Waals surface area contributed by atoms with Crippen molar-refractivity contribution < 1.29 is 0 Å². The van der Waals surface area contributed by atoms with Gasteiger partial charge in [-0.15, -0.1) is 0 Å². The molecule has 274 valence electrons. The summed E-state index contributed by atoms with van der Waals surface area (Å²) >= 11 is 0. The molecule has 4 heteroatoms. The zero-order chi connectivity index (χ0) is 38.8. The largest absolute Gasteiger partial charge is 0.309 e. The summed E-state index contributed by atoms with van der Waals surface area (Å²) in [4.78, 5) is 15.0. The predicted molar refractivity (Wildman–Crippen MR) is 239 cm³/mol. The molecule has 4 nitrogen and oxygen atoms in total. The first kappa shape index (κ1) is 33.9. The maximum absolute atomic E-state index is 5.04. The lowest BCUT2D eigenvalue weighted by molar-refractivity contribution is 0.660. The Labute approximate surface area is 337 Å². The van der Waals surface area contributed by atoms with Gasteiger partial charge in [0.2, 0.25) is 0 Å². The minimum Gasteiger partial charge on any atom is -0.309 e. The van der Waals surface area contributed by atoms with Crippen LogP contribution in [-0.2, 0) is 5.41 Å². The number of fused-ring (bicyclic) bond motifs is 6. The molecule has 1 aliphatic rings. The van der Waals surface area contributed by atoms with E-state index in [0.29, 0.717) is 17.5 Å². The van der Waals surface area contributed by atoms with E-state index < -0.39 is 0 Å². The van der Waals surface area contributed by atoms with Crippen molar-refractivity contribution in [1.82, 2.24) is 19.5 Å². The Morgan fingerprint density at radius 2 is 0.862 bits per heavy atom. The molecule has 0 bridgehead atoms. The van der Waals surface area contributed by atoms with Gasteiger partial charge in [-0.05, 0) is 80.9 Å². The molecule has 0 radical (unpaired) electrons. The van der Waals surface area contributed by atoms with Crippen LogP contribution in [0.3, 0.4) is 0 Å². The third-order valence-corrected chi connectivity index (χ3v) is 11.8. The summed E-state index contributed by atoms with van der Waals surface area (Å²) in [5, 5.41) is 2.42. The molecule has 0 amide bonds. The quantitative estimate of drug-likeness (QED) is 0.170. The van der Waals surface area contributed by atoms with Crippen LogP contribution in [0.15, 0.2) is 194 Å². The fraction of sp³-hybridized carbons (Fsp3) is 0.0556. The SMILES string of the molecule is CC1(C)c2ccccc2-c2ccc(-c3cccc(-c4ccc5c6ccccc6n(-c6cccc(-c7nc(-c8ccccc8)nc(-c8ccccc8)n7)c6)c5c4)c3)cc21. The van der Waals surface area contributed by atoms with E-state index in [-0.39, 0.29) is 5.41 Å². The highest BCUT2D eigenvalue weighted by molar-refractivity contribution is 6.10. The van der Waals surface area contributed by atoms with Crippen LogP contribution < -0.4 is 0 Å². The molecule has 0 spiro atoms. The highest BCUT2D eigenvalue weighted by atomic mass is 15.0. The van der Waals surface area contributed by atoms with Gasteiger partial charge >= 0.3 is 0 Å². The van der Waals surface area contributed by atoms with Gasteiger partial charge in [-0.2, -0.15) is 0 Å². The molecule has 10 aromatic rings. The van der Waals surface area contributed by atoms with E-state index in [9.17, 15) is 0 Å². The number of nitrogens with zero attached hydrogens (tertiary/aromatic N) is 4. The van der Waals surface area contributed by atoms with Gasteiger partial charge in [0.05, 0.1) is 11.0 Å². The predicted octanol–water partition coefficient (Wildman–Crippen LogP) is 13.6. The molecular weight excluding hydrogens is 705 g/mol. The van der Waals surface area contributed by atoms with Gasteiger partial charge in [0, 0.05) is 38.6 Å². The molecule has 0 atom stereocenters. The lowest BCUT2D eigenvalue weighted by Crippen LogP contribution is -2.14. The van der Waals surface area contributed by atoms with Crippen molar-refractivity contribution in [3.8, 4) is 73.2 Å². The van der Waals surface area contributed by atoms with Gasteiger partial charge in [0.15, 0.2) is 17.5 Å². The van der Waals surface area contributed by atoms with Crippen LogP contribution in [0.1, 0.15) is 25.0 Å². The van der Waals surface area contributed by atoms with Gasteiger partial charge in [-0.1, -0.05) is 172 Å². The van der Waals surface area contributed by atoms with Gasteiger partial charge < -0.3 is 4.57 Å². The Balaban J connectivity index is 1.02. The Bertz CT molecular complexity index is 3140. The summed E-state index contributed by atoms with van der Waals surface area (Å²) in [7, 11) is 0. The fourth-order valence-electron chi connectivity index (χ4n) is 8.91. The summed E-state index contributed by atoms with van der Waals surface area (Å²) in [5.74, 6) is 1.92. The van der Waals surface area contributed by atoms with Crippen molar-refractivity contribution in [3.63, 3.8) is 0 Å². The normalized spacial score (nSPS) is 12.8. The highest BCUT2D eigenvalue weighted by Gasteiger charge is 2.35. The Morgan fingerprint density at radius 3 is 1.60 bits per heavy atom. The van der Waals surface area contributed by atoms with Crippen LogP contribution in [0.4, 0.5) is 0 Å². The molecule has 0 unspecified atom stereocenters. The van der Waals surface area contributed by atoms with E-state index in [0.717, 1.165) is 33.4 Å². The minimum absolute atomic E-state index is 0.0484. The Hall–Kier alpha value is -7.43. The van der Waals surface area contributed by atoms with E-state index in [4.69, 9.17) is 15.0 Å². The summed E-state index contributed by atoms with van der Waals surface area (Å²) in [6.07, 6.45) is 0. The van der Waals surface area contributed by atoms with Crippen molar-refractivity contribution in [2.75, 3.05) is 0 Å². The first-order valence-corrected chi connectivity index (χ1v) is 19.9. The van der Waals surface area contributed by atoms with Crippen molar-refractivity contribution in [2.24, 2.45) is 0 Å². The summed E-state index contributed by atoms with van der Waals surface area (Å²) in [6.45, 7) is 4.69. The van der Waals surface area contributed by atoms with E-state index in [1.165, 1.54) is 55.3 Å². The van der Waals surface area contributed by atoms with Crippen molar-refractivity contribution in [1.29, 1.82) is 0 Å². The minimum atomic E-state index is -0.0484. The maximum Gasteiger partial charge on any atom is 0.164 e. The highest BCUT2D eigenvalue weighted by Crippen LogP contribution is 2.49. The lowest BCUT2D eigenvalue weighted by atomic mass is 9.81.